The molecular formula is C32H36N2O7. The maximum absolute atomic E-state index is 13.4. The Balaban J connectivity index is 1.90. The van der Waals surface area contributed by atoms with Gasteiger partial charge in [-0.05, 0) is 80.3 Å². The molecule has 0 spiro atoms. The van der Waals surface area contributed by atoms with Crippen molar-refractivity contribution < 1.29 is 33.4 Å². The Bertz CT molecular complexity index is 1450. The van der Waals surface area contributed by atoms with Crippen LogP contribution < -0.4 is 15.4 Å². The summed E-state index contributed by atoms with van der Waals surface area (Å²) in [4.78, 5) is 51.5. The van der Waals surface area contributed by atoms with E-state index in [1.165, 1.54) is 11.6 Å². The number of esters is 2. The number of carbonyl (C=O) groups is 4. The fourth-order valence-electron chi connectivity index (χ4n) is 3.90. The van der Waals surface area contributed by atoms with E-state index in [1.807, 2.05) is 24.3 Å². The summed E-state index contributed by atoms with van der Waals surface area (Å²) >= 11 is 0. The normalized spacial score (nSPS) is 11.3. The monoisotopic (exact) mass is 560 g/mol. The third-order valence-corrected chi connectivity index (χ3v) is 6.01. The van der Waals surface area contributed by atoms with Gasteiger partial charge < -0.3 is 24.8 Å². The van der Waals surface area contributed by atoms with Crippen molar-refractivity contribution in [1.29, 1.82) is 0 Å². The molecule has 2 amide bonds. The van der Waals surface area contributed by atoms with Crippen molar-refractivity contribution >= 4 is 29.4 Å². The van der Waals surface area contributed by atoms with Gasteiger partial charge >= 0.3 is 11.9 Å². The lowest BCUT2D eigenvalue weighted by Gasteiger charge is -2.22. The molecule has 0 aromatic heterocycles. The predicted molar refractivity (Wildman–Crippen MR) is 156 cm³/mol. The molecule has 41 heavy (non-hydrogen) atoms. The van der Waals surface area contributed by atoms with E-state index in [-0.39, 0.29) is 27.7 Å². The van der Waals surface area contributed by atoms with Crippen molar-refractivity contribution in [3.05, 3.63) is 88.5 Å². The Kier molecular flexibility index (Phi) is 9.22. The summed E-state index contributed by atoms with van der Waals surface area (Å²) in [6, 6.07) is 16.8. The highest BCUT2D eigenvalue weighted by Gasteiger charge is 2.28. The van der Waals surface area contributed by atoms with Gasteiger partial charge in [0.25, 0.3) is 11.8 Å². The molecule has 3 aromatic rings. The predicted octanol–water partition coefficient (Wildman–Crippen LogP) is 6.13. The molecule has 0 aliphatic rings. The Labute approximate surface area is 240 Å². The summed E-state index contributed by atoms with van der Waals surface area (Å²) < 4.78 is 15.6. The minimum atomic E-state index is -0.857. The first-order valence-electron chi connectivity index (χ1n) is 13.0. The van der Waals surface area contributed by atoms with Crippen LogP contribution in [-0.2, 0) is 14.9 Å². The van der Waals surface area contributed by atoms with Crippen molar-refractivity contribution in [1.82, 2.24) is 5.32 Å². The van der Waals surface area contributed by atoms with Crippen LogP contribution in [0, 0.1) is 0 Å². The Morgan fingerprint density at radius 1 is 0.610 bits per heavy atom. The first-order valence-corrected chi connectivity index (χ1v) is 13.0. The summed E-state index contributed by atoms with van der Waals surface area (Å²) in [5.41, 5.74) is 0.357. The van der Waals surface area contributed by atoms with Gasteiger partial charge in [-0.15, -0.1) is 0 Å². The number of anilines is 1. The molecule has 2 N–H and O–H groups in total. The van der Waals surface area contributed by atoms with Crippen LogP contribution in [-0.4, -0.2) is 43.5 Å². The van der Waals surface area contributed by atoms with E-state index in [9.17, 15) is 19.2 Å². The molecule has 0 atom stereocenters. The fraction of sp³-hybridized carbons (Fsp3) is 0.312. The number of methoxy groups -OCH3 is 2. The van der Waals surface area contributed by atoms with Crippen LogP contribution in [0.2, 0.25) is 0 Å². The van der Waals surface area contributed by atoms with Crippen LogP contribution in [0.4, 0.5) is 5.69 Å². The van der Waals surface area contributed by atoms with Crippen LogP contribution in [0.5, 0.6) is 11.5 Å². The fourth-order valence-corrected chi connectivity index (χ4v) is 3.90. The molecule has 0 saturated carbocycles. The zero-order valence-electron chi connectivity index (χ0n) is 24.6. The van der Waals surface area contributed by atoms with Crippen molar-refractivity contribution in [2.75, 3.05) is 19.5 Å². The van der Waals surface area contributed by atoms with E-state index in [0.717, 1.165) is 20.3 Å². The van der Waals surface area contributed by atoms with E-state index >= 15 is 0 Å². The van der Waals surface area contributed by atoms with Crippen LogP contribution in [0.1, 0.15) is 88.5 Å². The van der Waals surface area contributed by atoms with Gasteiger partial charge in [0.05, 0.1) is 36.5 Å². The highest BCUT2D eigenvalue weighted by atomic mass is 16.5. The summed E-state index contributed by atoms with van der Waals surface area (Å²) in [5, 5.41) is 5.48. The van der Waals surface area contributed by atoms with Crippen LogP contribution in [0.15, 0.2) is 60.7 Å². The Morgan fingerprint density at radius 3 is 1.49 bits per heavy atom. The quantitative estimate of drug-likeness (QED) is 0.334. The van der Waals surface area contributed by atoms with Crippen molar-refractivity contribution in [2.24, 2.45) is 0 Å². The number of ether oxygens (including phenoxy) is 3. The van der Waals surface area contributed by atoms with E-state index in [4.69, 9.17) is 14.2 Å². The second-order valence-corrected chi connectivity index (χ2v) is 11.5. The average molecular weight is 561 g/mol. The largest absolute Gasteiger partial charge is 0.465 e. The number of benzene rings is 3. The summed E-state index contributed by atoms with van der Waals surface area (Å²) in [5.74, 6) is -1.76. The lowest BCUT2D eigenvalue weighted by Crippen LogP contribution is -2.41. The second-order valence-electron chi connectivity index (χ2n) is 11.5. The first kappa shape index (κ1) is 30.9. The molecule has 0 fully saturated rings. The average Bonchev–Trinajstić information content (AvgIpc) is 2.91. The number of hydrogen-bond donors (Lipinski definition) is 2. The molecule has 9 nitrogen and oxygen atoms in total. The minimum absolute atomic E-state index is 0.0307. The lowest BCUT2D eigenvalue weighted by atomic mass is 9.87. The molecule has 0 saturated heterocycles. The number of rotatable bonds is 7. The molecule has 216 valence electrons. The Hall–Kier alpha value is -4.66. The van der Waals surface area contributed by atoms with Gasteiger partial charge in [-0.3, -0.25) is 9.59 Å². The van der Waals surface area contributed by atoms with Gasteiger partial charge in [-0.25, -0.2) is 9.59 Å². The summed E-state index contributed by atoms with van der Waals surface area (Å²) in [6.45, 7) is 11.7. The van der Waals surface area contributed by atoms with Crippen molar-refractivity contribution in [3.8, 4) is 11.5 Å². The first-order chi connectivity index (χ1) is 19.1. The molecule has 3 rings (SSSR count). The van der Waals surface area contributed by atoms with E-state index < -0.39 is 29.3 Å². The standard InChI is InChI=1S/C32H36N2O7/c1-31(2,3)19-9-13-21(14-10-19)41-22-15-11-20(12-16-22)33-27(35)23-17-24(28(36)34-32(4,5)6)26(30(38)40-8)18-25(23)29(37)39-7/h9-18H,1-8H3,(H,33,35)(H,34,36). The molecular weight excluding hydrogens is 524 g/mol. The SMILES string of the molecule is COC(=O)c1cc(C(=O)OC)c(C(=O)NC(C)(C)C)cc1C(=O)Nc1ccc(Oc2ccc(C(C)(C)C)cc2)cc1. The molecule has 0 bridgehead atoms. The zero-order valence-corrected chi connectivity index (χ0v) is 24.6. The maximum atomic E-state index is 13.4. The van der Waals surface area contributed by atoms with Gasteiger partial charge in [0, 0.05) is 11.2 Å². The Morgan fingerprint density at radius 2 is 1.05 bits per heavy atom. The van der Waals surface area contributed by atoms with Gasteiger partial charge in [-0.1, -0.05) is 32.9 Å². The number of nitrogens with one attached hydrogen (secondary N) is 2. The smallest absolute Gasteiger partial charge is 0.338 e. The zero-order chi connectivity index (χ0) is 30.5. The van der Waals surface area contributed by atoms with E-state index in [0.29, 0.717) is 17.2 Å². The van der Waals surface area contributed by atoms with Gasteiger partial charge in [0.1, 0.15) is 11.5 Å². The van der Waals surface area contributed by atoms with E-state index in [2.05, 4.69) is 31.4 Å². The number of hydrogen-bond acceptors (Lipinski definition) is 7. The second kappa shape index (κ2) is 12.2. The van der Waals surface area contributed by atoms with E-state index in [1.54, 1.807) is 45.0 Å². The highest BCUT2D eigenvalue weighted by molar-refractivity contribution is 6.15. The summed E-state index contributed by atoms with van der Waals surface area (Å²) in [6.07, 6.45) is 0. The van der Waals surface area contributed by atoms with Crippen LogP contribution >= 0.6 is 0 Å². The molecule has 0 aliphatic carbocycles. The third-order valence-electron chi connectivity index (χ3n) is 6.01. The molecule has 0 aliphatic heterocycles. The highest BCUT2D eigenvalue weighted by Crippen LogP contribution is 2.28. The minimum Gasteiger partial charge on any atom is -0.465 e. The third kappa shape index (κ3) is 7.94. The number of carbonyl (C=O) groups excluding carboxylic acids is 4. The maximum Gasteiger partial charge on any atom is 0.338 e. The molecule has 3 aromatic carbocycles. The van der Waals surface area contributed by atoms with Crippen molar-refractivity contribution in [3.63, 3.8) is 0 Å². The molecule has 0 radical (unpaired) electrons. The molecule has 0 heterocycles. The van der Waals surface area contributed by atoms with Crippen LogP contribution in [0.3, 0.4) is 0 Å². The van der Waals surface area contributed by atoms with Gasteiger partial charge in [0.15, 0.2) is 0 Å². The number of amides is 2. The molecule has 9 heteroatoms. The van der Waals surface area contributed by atoms with Crippen molar-refractivity contribution in [2.45, 2.75) is 52.5 Å². The lowest BCUT2D eigenvalue weighted by molar-refractivity contribution is 0.0592. The molecule has 0 unspecified atom stereocenters. The summed E-state index contributed by atoms with van der Waals surface area (Å²) in [7, 11) is 2.30. The van der Waals surface area contributed by atoms with Crippen LogP contribution in [0.25, 0.3) is 0 Å². The van der Waals surface area contributed by atoms with Gasteiger partial charge in [0.2, 0.25) is 0 Å². The van der Waals surface area contributed by atoms with Gasteiger partial charge in [-0.2, -0.15) is 0 Å². The topological polar surface area (TPSA) is 120 Å².